The molecule has 0 saturated heterocycles. The fourth-order valence-electron chi connectivity index (χ4n) is 2.53. The number of halogens is 1. The smallest absolute Gasteiger partial charge is 0.139 e. The molecule has 2 rings (SSSR count). The van der Waals surface area contributed by atoms with Crippen molar-refractivity contribution in [1.29, 1.82) is 0 Å². The Bertz CT molecular complexity index is 599. The third-order valence-electron chi connectivity index (χ3n) is 3.87. The van der Waals surface area contributed by atoms with Crippen molar-refractivity contribution in [3.8, 4) is 11.1 Å². The third-order valence-corrected chi connectivity index (χ3v) is 3.87. The fraction of sp³-hybridized carbons (Fsp3) is 0.333. The molecule has 0 aromatic heterocycles. The molecule has 0 fully saturated rings. The van der Waals surface area contributed by atoms with Crippen molar-refractivity contribution in [2.45, 2.75) is 31.8 Å². The van der Waals surface area contributed by atoms with Gasteiger partial charge in [0, 0.05) is 12.2 Å². The lowest BCUT2D eigenvalue weighted by molar-refractivity contribution is 0.162. The quantitative estimate of drug-likeness (QED) is 0.608. The topological polar surface area (TPSA) is 40.5 Å². The van der Waals surface area contributed by atoms with Crippen molar-refractivity contribution >= 4 is 13.3 Å². The maximum absolute atomic E-state index is 14.0. The van der Waals surface area contributed by atoms with Gasteiger partial charge in [-0.2, -0.15) is 0 Å². The Labute approximate surface area is 132 Å². The molecule has 22 heavy (non-hydrogen) atoms. The summed E-state index contributed by atoms with van der Waals surface area (Å²) in [6.45, 7) is 0.201. The number of unbranched alkanes of at least 4 members (excludes halogenated alkanes) is 2. The van der Waals surface area contributed by atoms with Gasteiger partial charge in [-0.1, -0.05) is 54.7 Å². The van der Waals surface area contributed by atoms with Gasteiger partial charge in [-0.3, -0.25) is 0 Å². The zero-order valence-corrected chi connectivity index (χ0v) is 12.9. The molecule has 2 N–H and O–H groups in total. The summed E-state index contributed by atoms with van der Waals surface area (Å²) in [5.74, 6) is -0.225. The molecule has 0 spiro atoms. The van der Waals surface area contributed by atoms with Crippen LogP contribution in [0.2, 0.25) is 0 Å². The second-order valence-corrected chi connectivity index (χ2v) is 5.69. The number of aliphatic hydroxyl groups excluding tert-OH is 2. The molecule has 116 valence electrons. The minimum absolute atomic E-state index is 0.201. The van der Waals surface area contributed by atoms with Crippen LogP contribution in [0.5, 0.6) is 0 Å². The van der Waals surface area contributed by atoms with E-state index in [0.29, 0.717) is 12.0 Å². The van der Waals surface area contributed by atoms with E-state index in [4.69, 9.17) is 5.11 Å². The van der Waals surface area contributed by atoms with E-state index in [1.54, 1.807) is 6.07 Å². The molecule has 1 unspecified atom stereocenters. The highest BCUT2D eigenvalue weighted by molar-refractivity contribution is 6.32. The number of rotatable bonds is 7. The first-order chi connectivity index (χ1) is 10.6. The average Bonchev–Trinajstić information content (AvgIpc) is 2.52. The molecule has 0 saturated carbocycles. The Kier molecular flexibility index (Phi) is 6.16. The number of aliphatic hydroxyl groups is 2. The summed E-state index contributed by atoms with van der Waals surface area (Å²) in [7, 11) is 1.86. The molecule has 0 heterocycles. The van der Waals surface area contributed by atoms with Crippen molar-refractivity contribution in [1.82, 2.24) is 0 Å². The van der Waals surface area contributed by atoms with Crippen molar-refractivity contribution in [2.75, 3.05) is 6.61 Å². The highest BCUT2D eigenvalue weighted by Gasteiger charge is 2.09. The summed E-state index contributed by atoms with van der Waals surface area (Å²) in [4.78, 5) is 0. The van der Waals surface area contributed by atoms with Gasteiger partial charge in [0.25, 0.3) is 0 Å². The highest BCUT2D eigenvalue weighted by Crippen LogP contribution is 2.25. The third kappa shape index (κ3) is 4.42. The van der Waals surface area contributed by atoms with E-state index in [0.717, 1.165) is 35.9 Å². The van der Waals surface area contributed by atoms with Gasteiger partial charge in [0.05, 0.1) is 6.10 Å². The van der Waals surface area contributed by atoms with Crippen LogP contribution in [0.1, 0.15) is 37.4 Å². The molecule has 0 amide bonds. The Balaban J connectivity index is 2.03. The van der Waals surface area contributed by atoms with Crippen LogP contribution in [0.25, 0.3) is 11.1 Å². The lowest BCUT2D eigenvalue weighted by Crippen LogP contribution is -2.03. The zero-order chi connectivity index (χ0) is 15.9. The van der Waals surface area contributed by atoms with Gasteiger partial charge in [0.2, 0.25) is 0 Å². The minimum Gasteiger partial charge on any atom is -0.396 e. The maximum Gasteiger partial charge on any atom is 0.139 e. The van der Waals surface area contributed by atoms with Crippen molar-refractivity contribution in [2.24, 2.45) is 0 Å². The van der Waals surface area contributed by atoms with Crippen molar-refractivity contribution in [3.63, 3.8) is 0 Å². The van der Waals surface area contributed by atoms with Gasteiger partial charge < -0.3 is 10.2 Å². The molecular formula is C18H22BFO2. The van der Waals surface area contributed by atoms with Crippen LogP contribution < -0.4 is 5.46 Å². The van der Waals surface area contributed by atoms with E-state index in [9.17, 15) is 9.50 Å². The van der Waals surface area contributed by atoms with E-state index in [1.807, 2.05) is 38.2 Å². The molecule has 1 atom stereocenters. The van der Waals surface area contributed by atoms with Gasteiger partial charge in [0.1, 0.15) is 13.7 Å². The Morgan fingerprint density at radius 3 is 2.36 bits per heavy atom. The van der Waals surface area contributed by atoms with Gasteiger partial charge in [0.15, 0.2) is 0 Å². The summed E-state index contributed by atoms with van der Waals surface area (Å²) < 4.78 is 14.0. The molecule has 0 aliphatic carbocycles. The van der Waals surface area contributed by atoms with Crippen LogP contribution in [0.3, 0.4) is 0 Å². The Hall–Kier alpha value is -1.65. The lowest BCUT2D eigenvalue weighted by atomic mass is 9.92. The van der Waals surface area contributed by atoms with Gasteiger partial charge >= 0.3 is 0 Å². The standard InChI is InChI=1S/C18H22BFO2/c19-15-9-10-16(17(20)12-15)13-5-7-14(8-6-13)18(22)4-2-1-3-11-21/h5-10,12,18,21-22H,1-4,11,19H2. The SMILES string of the molecule is Bc1ccc(-c2ccc(C(O)CCCCCO)cc2)c(F)c1. The summed E-state index contributed by atoms with van der Waals surface area (Å²) >= 11 is 0. The normalized spacial score (nSPS) is 12.3. The molecule has 0 bridgehead atoms. The average molecular weight is 300 g/mol. The summed E-state index contributed by atoms with van der Waals surface area (Å²) in [5.41, 5.74) is 3.14. The van der Waals surface area contributed by atoms with E-state index in [-0.39, 0.29) is 12.4 Å². The highest BCUT2D eigenvalue weighted by atomic mass is 19.1. The second-order valence-electron chi connectivity index (χ2n) is 5.69. The fourth-order valence-corrected chi connectivity index (χ4v) is 2.53. The minimum atomic E-state index is -0.504. The Morgan fingerprint density at radius 1 is 1.00 bits per heavy atom. The molecule has 0 aliphatic heterocycles. The van der Waals surface area contributed by atoms with Crippen molar-refractivity contribution < 1.29 is 14.6 Å². The first kappa shape index (κ1) is 16.7. The predicted molar refractivity (Wildman–Crippen MR) is 90.5 cm³/mol. The number of hydrogen-bond acceptors (Lipinski definition) is 2. The van der Waals surface area contributed by atoms with E-state index < -0.39 is 6.10 Å². The molecule has 2 aromatic rings. The van der Waals surface area contributed by atoms with E-state index in [1.165, 1.54) is 6.07 Å². The van der Waals surface area contributed by atoms with Crippen LogP contribution >= 0.6 is 0 Å². The maximum atomic E-state index is 14.0. The lowest BCUT2D eigenvalue weighted by Gasteiger charge is -2.12. The van der Waals surface area contributed by atoms with Crippen LogP contribution in [0.15, 0.2) is 42.5 Å². The second kappa shape index (κ2) is 8.11. The Morgan fingerprint density at radius 2 is 1.73 bits per heavy atom. The molecule has 2 nitrogen and oxygen atoms in total. The van der Waals surface area contributed by atoms with Gasteiger partial charge in [-0.05, 0) is 30.0 Å². The zero-order valence-electron chi connectivity index (χ0n) is 12.9. The van der Waals surface area contributed by atoms with Crippen LogP contribution in [0, 0.1) is 5.82 Å². The molecule has 2 aromatic carbocycles. The van der Waals surface area contributed by atoms with Gasteiger partial charge in [-0.25, -0.2) is 4.39 Å². The first-order valence-electron chi connectivity index (χ1n) is 7.77. The molecular weight excluding hydrogens is 278 g/mol. The number of benzene rings is 2. The van der Waals surface area contributed by atoms with Crippen LogP contribution in [-0.4, -0.2) is 24.7 Å². The van der Waals surface area contributed by atoms with Crippen molar-refractivity contribution in [3.05, 3.63) is 53.8 Å². The van der Waals surface area contributed by atoms with Crippen LogP contribution in [0.4, 0.5) is 4.39 Å². The largest absolute Gasteiger partial charge is 0.396 e. The molecule has 0 aliphatic rings. The summed E-state index contributed by atoms with van der Waals surface area (Å²) in [6.07, 6.45) is 2.75. The van der Waals surface area contributed by atoms with E-state index in [2.05, 4.69) is 0 Å². The summed E-state index contributed by atoms with van der Waals surface area (Å²) in [5, 5.41) is 18.9. The first-order valence-corrected chi connectivity index (χ1v) is 7.77. The van der Waals surface area contributed by atoms with E-state index >= 15 is 0 Å². The number of hydrogen-bond donors (Lipinski definition) is 2. The monoisotopic (exact) mass is 300 g/mol. The summed E-state index contributed by atoms with van der Waals surface area (Å²) in [6, 6.07) is 12.6. The molecule has 4 heteroatoms. The van der Waals surface area contributed by atoms with Crippen LogP contribution in [-0.2, 0) is 0 Å². The van der Waals surface area contributed by atoms with Gasteiger partial charge in [-0.15, -0.1) is 0 Å². The molecule has 0 radical (unpaired) electrons. The predicted octanol–water partition coefficient (Wildman–Crippen LogP) is 2.34.